The molecular weight excluding hydrogens is 351 g/mol. The summed E-state index contributed by atoms with van der Waals surface area (Å²) in [4.78, 5) is 16.2. The maximum atomic E-state index is 12.6. The van der Waals surface area contributed by atoms with E-state index in [0.29, 0.717) is 12.0 Å². The predicted molar refractivity (Wildman–Crippen MR) is 89.2 cm³/mol. The number of carbonyl (C=O) groups excluding carboxylic acids is 1. The Kier molecular flexibility index (Phi) is 5.03. The van der Waals surface area contributed by atoms with Crippen molar-refractivity contribution in [2.45, 2.75) is 25.6 Å². The summed E-state index contributed by atoms with van der Waals surface area (Å²) in [5.41, 5.74) is 0.443. The number of fused-ring (bicyclic) bond motifs is 1. The molecule has 0 saturated carbocycles. The zero-order valence-electron chi connectivity index (χ0n) is 13.0. The summed E-state index contributed by atoms with van der Waals surface area (Å²) in [6.07, 6.45) is -3.83. The molecule has 1 heterocycles. The first kappa shape index (κ1) is 17.4. The van der Waals surface area contributed by atoms with E-state index < -0.39 is 17.7 Å². The number of aromatic nitrogens is 1. The molecular formula is C18H14F3NO2S. The molecule has 0 radical (unpaired) electrons. The smallest absolute Gasteiger partial charge is 0.416 e. The van der Waals surface area contributed by atoms with Crippen molar-refractivity contribution in [1.29, 1.82) is 0 Å². The van der Waals surface area contributed by atoms with Crippen LogP contribution in [0.4, 0.5) is 13.2 Å². The number of nitrogens with zero attached hydrogens (tertiary/aromatic N) is 1. The minimum Gasteiger partial charge on any atom is -0.461 e. The Balaban J connectivity index is 1.53. The number of carbonyl (C=O) groups is 1. The highest BCUT2D eigenvalue weighted by Gasteiger charge is 2.30. The molecule has 7 heteroatoms. The first-order chi connectivity index (χ1) is 11.9. The lowest BCUT2D eigenvalue weighted by molar-refractivity contribution is -0.144. The van der Waals surface area contributed by atoms with Crippen LogP contribution in [0.25, 0.3) is 10.2 Å². The van der Waals surface area contributed by atoms with Crippen molar-refractivity contribution in [3.8, 4) is 0 Å². The number of halogens is 3. The van der Waals surface area contributed by atoms with E-state index in [-0.39, 0.29) is 13.0 Å². The number of para-hydroxylation sites is 1. The summed E-state index contributed by atoms with van der Waals surface area (Å²) in [6, 6.07) is 12.5. The number of thiazole rings is 1. The van der Waals surface area contributed by atoms with Gasteiger partial charge in [-0.15, -0.1) is 11.3 Å². The van der Waals surface area contributed by atoms with E-state index in [1.165, 1.54) is 23.5 Å². The van der Waals surface area contributed by atoms with Crippen LogP contribution in [0, 0.1) is 0 Å². The minimum absolute atomic E-state index is 0.138. The number of alkyl halides is 3. The van der Waals surface area contributed by atoms with Crippen LogP contribution in [-0.4, -0.2) is 11.0 Å². The van der Waals surface area contributed by atoms with E-state index >= 15 is 0 Å². The Labute approximate surface area is 146 Å². The van der Waals surface area contributed by atoms with Crippen LogP contribution < -0.4 is 0 Å². The van der Waals surface area contributed by atoms with Gasteiger partial charge in [0.15, 0.2) is 0 Å². The third-order valence-corrected chi connectivity index (χ3v) is 4.63. The first-order valence-corrected chi connectivity index (χ1v) is 8.40. The summed E-state index contributed by atoms with van der Waals surface area (Å²) in [5.74, 6) is -0.461. The molecule has 0 atom stereocenters. The SMILES string of the molecule is O=C(CCc1nc2ccccc2s1)OCc1cccc(C(F)(F)F)c1. The van der Waals surface area contributed by atoms with E-state index in [1.807, 2.05) is 24.3 Å². The highest BCUT2D eigenvalue weighted by atomic mass is 32.1. The molecule has 0 bridgehead atoms. The Morgan fingerprint density at radius 1 is 1.12 bits per heavy atom. The molecule has 3 aromatic rings. The summed E-state index contributed by atoms with van der Waals surface area (Å²) < 4.78 is 44.1. The fourth-order valence-corrected chi connectivity index (χ4v) is 3.28. The van der Waals surface area contributed by atoms with E-state index in [9.17, 15) is 18.0 Å². The lowest BCUT2D eigenvalue weighted by atomic mass is 10.1. The van der Waals surface area contributed by atoms with Gasteiger partial charge in [0.05, 0.1) is 27.2 Å². The molecule has 0 aliphatic heterocycles. The molecule has 0 unspecified atom stereocenters. The summed E-state index contributed by atoms with van der Waals surface area (Å²) in [6.45, 7) is -0.178. The van der Waals surface area contributed by atoms with Crippen molar-refractivity contribution in [1.82, 2.24) is 4.98 Å². The van der Waals surface area contributed by atoms with Gasteiger partial charge in [0.1, 0.15) is 6.61 Å². The number of ether oxygens (including phenoxy) is 1. The monoisotopic (exact) mass is 365 g/mol. The van der Waals surface area contributed by atoms with Crippen LogP contribution in [-0.2, 0) is 28.7 Å². The summed E-state index contributed by atoms with van der Waals surface area (Å²) in [7, 11) is 0. The lowest BCUT2D eigenvalue weighted by Crippen LogP contribution is -2.08. The van der Waals surface area contributed by atoms with Gasteiger partial charge in [0, 0.05) is 6.42 Å². The number of hydrogen-bond donors (Lipinski definition) is 0. The van der Waals surface area contributed by atoms with E-state index in [4.69, 9.17) is 4.74 Å². The van der Waals surface area contributed by atoms with E-state index in [2.05, 4.69) is 4.98 Å². The fraction of sp³-hybridized carbons (Fsp3) is 0.222. The van der Waals surface area contributed by atoms with Crippen LogP contribution >= 0.6 is 11.3 Å². The molecule has 3 nitrogen and oxygen atoms in total. The fourth-order valence-electron chi connectivity index (χ4n) is 2.31. The van der Waals surface area contributed by atoms with Gasteiger partial charge in [0.2, 0.25) is 0 Å². The van der Waals surface area contributed by atoms with E-state index in [0.717, 1.165) is 27.4 Å². The van der Waals surface area contributed by atoms with Gasteiger partial charge in [-0.05, 0) is 29.8 Å². The molecule has 2 aromatic carbocycles. The quantitative estimate of drug-likeness (QED) is 0.598. The number of esters is 1. The Bertz CT molecular complexity index is 856. The third kappa shape index (κ3) is 4.57. The number of hydrogen-bond acceptors (Lipinski definition) is 4. The zero-order chi connectivity index (χ0) is 17.9. The van der Waals surface area contributed by atoms with Gasteiger partial charge in [0.25, 0.3) is 0 Å². The van der Waals surface area contributed by atoms with Crippen molar-refractivity contribution >= 4 is 27.5 Å². The molecule has 0 saturated heterocycles. The molecule has 0 aliphatic carbocycles. The summed E-state index contributed by atoms with van der Waals surface area (Å²) >= 11 is 1.51. The second kappa shape index (κ2) is 7.23. The van der Waals surface area contributed by atoms with Crippen LogP contribution in [0.2, 0.25) is 0 Å². The minimum atomic E-state index is -4.41. The van der Waals surface area contributed by atoms with Gasteiger partial charge in [-0.25, -0.2) is 4.98 Å². The number of aryl methyl sites for hydroxylation is 1. The second-order valence-corrected chi connectivity index (χ2v) is 6.55. The Hall–Kier alpha value is -2.41. The molecule has 130 valence electrons. The first-order valence-electron chi connectivity index (χ1n) is 7.58. The average molecular weight is 365 g/mol. The maximum Gasteiger partial charge on any atom is 0.416 e. The second-order valence-electron chi connectivity index (χ2n) is 5.43. The van der Waals surface area contributed by atoms with Gasteiger partial charge < -0.3 is 4.74 Å². The van der Waals surface area contributed by atoms with Crippen molar-refractivity contribution in [2.24, 2.45) is 0 Å². The average Bonchev–Trinajstić information content (AvgIpc) is 3.00. The van der Waals surface area contributed by atoms with Crippen LogP contribution in [0.3, 0.4) is 0 Å². The van der Waals surface area contributed by atoms with Gasteiger partial charge >= 0.3 is 12.1 Å². The molecule has 0 amide bonds. The molecule has 3 rings (SSSR count). The van der Waals surface area contributed by atoms with Crippen LogP contribution in [0.5, 0.6) is 0 Å². The predicted octanol–water partition coefficient (Wildman–Crippen LogP) is 4.99. The Morgan fingerprint density at radius 3 is 2.68 bits per heavy atom. The lowest BCUT2D eigenvalue weighted by Gasteiger charge is -2.09. The molecule has 1 aromatic heterocycles. The van der Waals surface area contributed by atoms with E-state index in [1.54, 1.807) is 0 Å². The van der Waals surface area contributed by atoms with Crippen LogP contribution in [0.15, 0.2) is 48.5 Å². The van der Waals surface area contributed by atoms with Crippen molar-refractivity contribution in [2.75, 3.05) is 0 Å². The van der Waals surface area contributed by atoms with Gasteiger partial charge in [-0.2, -0.15) is 13.2 Å². The number of benzene rings is 2. The van der Waals surface area contributed by atoms with Crippen molar-refractivity contribution in [3.63, 3.8) is 0 Å². The zero-order valence-corrected chi connectivity index (χ0v) is 13.9. The van der Waals surface area contributed by atoms with Crippen molar-refractivity contribution < 1.29 is 22.7 Å². The summed E-state index contributed by atoms with van der Waals surface area (Å²) in [5, 5.41) is 0.831. The molecule has 0 aliphatic rings. The molecule has 25 heavy (non-hydrogen) atoms. The molecule has 0 fully saturated rings. The molecule has 0 spiro atoms. The topological polar surface area (TPSA) is 39.2 Å². The highest BCUT2D eigenvalue weighted by molar-refractivity contribution is 7.18. The largest absolute Gasteiger partial charge is 0.461 e. The van der Waals surface area contributed by atoms with Crippen LogP contribution in [0.1, 0.15) is 22.6 Å². The van der Waals surface area contributed by atoms with Gasteiger partial charge in [-0.3, -0.25) is 4.79 Å². The number of rotatable bonds is 5. The third-order valence-electron chi connectivity index (χ3n) is 3.54. The normalized spacial score (nSPS) is 11.6. The molecule has 0 N–H and O–H groups in total. The standard InChI is InChI=1S/C18H14F3NO2S/c19-18(20,21)13-5-3-4-12(10-13)11-24-17(23)9-8-16-22-14-6-1-2-7-15(14)25-16/h1-7,10H,8-9,11H2. The Morgan fingerprint density at radius 2 is 1.92 bits per heavy atom. The highest BCUT2D eigenvalue weighted by Crippen LogP contribution is 2.29. The van der Waals surface area contributed by atoms with Crippen molar-refractivity contribution in [3.05, 3.63) is 64.7 Å². The maximum absolute atomic E-state index is 12.6. The van der Waals surface area contributed by atoms with Gasteiger partial charge in [-0.1, -0.05) is 24.3 Å².